The van der Waals surface area contributed by atoms with E-state index in [9.17, 15) is 9.59 Å². The molecule has 7 aliphatic rings. The van der Waals surface area contributed by atoms with Crippen LogP contribution in [0, 0.1) is 40.4 Å². The summed E-state index contributed by atoms with van der Waals surface area (Å²) in [6, 6.07) is 0. The summed E-state index contributed by atoms with van der Waals surface area (Å²) in [5, 5.41) is 0. The van der Waals surface area contributed by atoms with Crippen molar-refractivity contribution in [3.8, 4) is 0 Å². The fraction of sp³-hybridized carbons (Fsp3) is 0.920. The molecule has 0 radical (unpaired) electrons. The molecule has 0 amide bonds. The van der Waals surface area contributed by atoms with Crippen molar-refractivity contribution in [3.63, 3.8) is 0 Å². The van der Waals surface area contributed by atoms with Gasteiger partial charge in [-0.25, -0.2) is 0 Å². The lowest BCUT2D eigenvalue weighted by Gasteiger charge is -2.70. The molecular formula is C25H36O8. The van der Waals surface area contributed by atoms with Gasteiger partial charge in [-0.2, -0.15) is 0 Å². The molecule has 0 N–H and O–H groups in total. The third-order valence-electron chi connectivity index (χ3n) is 10.2. The predicted octanol–water partition coefficient (Wildman–Crippen LogP) is 2.68. The molecule has 0 aromatic carbocycles. The SMILES string of the molecule is CCCC[C@@H]1[C@H]2CCO[C@@]34OC[C@@]56C[C@H](OCC)O[C@]53[C@H]1[C@](C(=O)OC)(C6)[C@H](C(=O)OC)[C@@H]24. The number of ether oxygens (including phenoxy) is 6. The molecule has 33 heavy (non-hydrogen) atoms. The summed E-state index contributed by atoms with van der Waals surface area (Å²) in [6.45, 7) is 5.72. The number of unbranched alkanes of at least 4 members (excludes halogenated alkanes) is 1. The standard InChI is InChI=1S/C25H36O8/c1-5-7-8-15-14-9-10-31-25-17(14)18(20(26)28-3)23(21(27)29-4)12-22(13-32-25)11-16(30-6-2)33-24(22,25)19(15)23/h14-19H,5-13H2,1-4H3/t14-,15-,16-,17-,18+,19-,22+,23+,24-,25+/m1/s1. The van der Waals surface area contributed by atoms with Crippen molar-refractivity contribution in [1.29, 1.82) is 0 Å². The maximum Gasteiger partial charge on any atom is 0.313 e. The molecule has 2 spiro atoms. The highest BCUT2D eigenvalue weighted by molar-refractivity contribution is 5.88. The molecule has 184 valence electrons. The van der Waals surface area contributed by atoms with Gasteiger partial charge in [-0.15, -0.1) is 0 Å². The Labute approximate surface area is 194 Å². The molecule has 6 bridgehead atoms. The second-order valence-electron chi connectivity index (χ2n) is 11.0. The van der Waals surface area contributed by atoms with Gasteiger partial charge in [0.1, 0.15) is 5.60 Å². The van der Waals surface area contributed by atoms with Gasteiger partial charge in [-0.05, 0) is 38.0 Å². The van der Waals surface area contributed by atoms with Crippen LogP contribution in [0.1, 0.15) is 52.4 Å². The lowest BCUT2D eigenvalue weighted by Crippen LogP contribution is -2.81. The van der Waals surface area contributed by atoms with Crippen LogP contribution >= 0.6 is 0 Å². The van der Waals surface area contributed by atoms with E-state index in [0.717, 1.165) is 25.7 Å². The summed E-state index contributed by atoms with van der Waals surface area (Å²) in [5.74, 6) is -2.49. The largest absolute Gasteiger partial charge is 0.469 e. The maximum atomic E-state index is 13.8. The minimum absolute atomic E-state index is 0.214. The van der Waals surface area contributed by atoms with Crippen molar-refractivity contribution in [1.82, 2.24) is 0 Å². The summed E-state index contributed by atoms with van der Waals surface area (Å²) in [5.41, 5.74) is -2.27. The Morgan fingerprint density at radius 1 is 1.12 bits per heavy atom. The first-order valence-corrected chi connectivity index (χ1v) is 12.7. The highest BCUT2D eigenvalue weighted by Gasteiger charge is 2.97. The van der Waals surface area contributed by atoms with Crippen molar-refractivity contribution in [2.24, 2.45) is 40.4 Å². The molecular weight excluding hydrogens is 428 g/mol. The van der Waals surface area contributed by atoms with Gasteiger partial charge in [0.2, 0.25) is 5.79 Å². The van der Waals surface area contributed by atoms with Crippen molar-refractivity contribution in [3.05, 3.63) is 0 Å². The Morgan fingerprint density at radius 3 is 2.64 bits per heavy atom. The topological polar surface area (TPSA) is 89.5 Å². The van der Waals surface area contributed by atoms with Gasteiger partial charge in [-0.3, -0.25) is 9.59 Å². The summed E-state index contributed by atoms with van der Waals surface area (Å²) >= 11 is 0. The summed E-state index contributed by atoms with van der Waals surface area (Å²) in [7, 11) is 2.84. The zero-order chi connectivity index (χ0) is 23.2. The highest BCUT2D eigenvalue weighted by Crippen LogP contribution is 2.86. The zero-order valence-electron chi connectivity index (χ0n) is 20.1. The van der Waals surface area contributed by atoms with Crippen LogP contribution in [0.3, 0.4) is 0 Å². The van der Waals surface area contributed by atoms with Crippen molar-refractivity contribution >= 4 is 11.9 Å². The average molecular weight is 465 g/mol. The van der Waals surface area contributed by atoms with E-state index in [-0.39, 0.29) is 41.9 Å². The smallest absolute Gasteiger partial charge is 0.313 e. The minimum Gasteiger partial charge on any atom is -0.469 e. The lowest BCUT2D eigenvalue weighted by atomic mass is 9.39. The molecule has 3 heterocycles. The molecule has 4 saturated carbocycles. The molecule has 0 aromatic heterocycles. The van der Waals surface area contributed by atoms with Crippen LogP contribution in [0.2, 0.25) is 0 Å². The Balaban J connectivity index is 1.62. The first-order valence-electron chi connectivity index (χ1n) is 12.7. The van der Waals surface area contributed by atoms with Crippen molar-refractivity contribution in [2.75, 3.05) is 34.0 Å². The van der Waals surface area contributed by atoms with Gasteiger partial charge in [-0.1, -0.05) is 19.8 Å². The molecule has 4 aliphatic carbocycles. The number of esters is 2. The van der Waals surface area contributed by atoms with E-state index in [0.29, 0.717) is 32.7 Å². The van der Waals surface area contributed by atoms with Gasteiger partial charge in [0.25, 0.3) is 0 Å². The summed E-state index contributed by atoms with van der Waals surface area (Å²) in [4.78, 5) is 27.3. The summed E-state index contributed by atoms with van der Waals surface area (Å²) < 4.78 is 37.0. The molecule has 3 saturated heterocycles. The van der Waals surface area contributed by atoms with Crippen LogP contribution in [-0.4, -0.2) is 63.7 Å². The van der Waals surface area contributed by atoms with Gasteiger partial charge in [0.05, 0.1) is 38.8 Å². The molecule has 7 rings (SSSR count). The second kappa shape index (κ2) is 7.15. The first kappa shape index (κ1) is 22.3. The minimum atomic E-state index is -1.05. The van der Waals surface area contributed by atoms with Crippen molar-refractivity contribution in [2.45, 2.75) is 70.1 Å². The van der Waals surface area contributed by atoms with E-state index in [1.54, 1.807) is 0 Å². The number of hydrogen-bond acceptors (Lipinski definition) is 8. The van der Waals surface area contributed by atoms with Crippen molar-refractivity contribution < 1.29 is 38.0 Å². The number of hydrogen-bond donors (Lipinski definition) is 0. The molecule has 8 nitrogen and oxygen atoms in total. The Bertz CT molecular complexity index is 861. The highest BCUT2D eigenvalue weighted by atomic mass is 16.8. The van der Waals surface area contributed by atoms with E-state index >= 15 is 0 Å². The van der Waals surface area contributed by atoms with Crippen LogP contribution in [0.4, 0.5) is 0 Å². The van der Waals surface area contributed by atoms with Gasteiger partial charge in [0, 0.05) is 30.3 Å². The van der Waals surface area contributed by atoms with Crippen LogP contribution in [0.15, 0.2) is 0 Å². The van der Waals surface area contributed by atoms with Crippen LogP contribution < -0.4 is 0 Å². The van der Waals surface area contributed by atoms with Crippen LogP contribution in [0.5, 0.6) is 0 Å². The van der Waals surface area contributed by atoms with E-state index < -0.39 is 28.1 Å². The lowest BCUT2D eigenvalue weighted by molar-refractivity contribution is -0.427. The monoisotopic (exact) mass is 464 g/mol. The van der Waals surface area contributed by atoms with Crippen LogP contribution in [-0.2, 0) is 38.0 Å². The average Bonchev–Trinajstić information content (AvgIpc) is 3.33. The Morgan fingerprint density at radius 2 is 1.94 bits per heavy atom. The van der Waals surface area contributed by atoms with Gasteiger partial charge in [0.15, 0.2) is 6.29 Å². The normalized spacial score (nSPS) is 52.6. The second-order valence-corrected chi connectivity index (χ2v) is 11.0. The third kappa shape index (κ3) is 2.19. The van der Waals surface area contributed by atoms with Gasteiger partial charge >= 0.3 is 11.9 Å². The number of carbonyl (C=O) groups excluding carboxylic acids is 2. The maximum absolute atomic E-state index is 13.8. The molecule has 3 aliphatic heterocycles. The van der Waals surface area contributed by atoms with E-state index in [1.165, 1.54) is 14.2 Å². The zero-order valence-corrected chi connectivity index (χ0v) is 20.1. The first-order chi connectivity index (χ1) is 15.9. The number of carbonyl (C=O) groups is 2. The molecule has 0 unspecified atom stereocenters. The van der Waals surface area contributed by atoms with E-state index in [1.807, 2.05) is 6.92 Å². The quantitative estimate of drug-likeness (QED) is 0.532. The predicted molar refractivity (Wildman–Crippen MR) is 114 cm³/mol. The Kier molecular flexibility index (Phi) is 4.82. The molecule has 0 aromatic rings. The molecule has 8 heteroatoms. The fourth-order valence-corrected chi connectivity index (χ4v) is 9.72. The number of rotatable bonds is 7. The third-order valence-corrected chi connectivity index (χ3v) is 10.2. The Hall–Kier alpha value is -1.22. The summed E-state index contributed by atoms with van der Waals surface area (Å²) in [6.07, 6.45) is 4.74. The molecule has 7 fully saturated rings. The fourth-order valence-electron chi connectivity index (χ4n) is 9.72. The van der Waals surface area contributed by atoms with Gasteiger partial charge < -0.3 is 28.4 Å². The van der Waals surface area contributed by atoms with E-state index in [2.05, 4.69) is 6.92 Å². The molecule has 10 atom stereocenters. The van der Waals surface area contributed by atoms with Crippen LogP contribution in [0.25, 0.3) is 0 Å². The number of methoxy groups -OCH3 is 2. The van der Waals surface area contributed by atoms with E-state index in [4.69, 9.17) is 28.4 Å².